The van der Waals surface area contributed by atoms with Crippen molar-refractivity contribution in [2.24, 2.45) is 0 Å². The number of aromatic nitrogens is 4. The zero-order valence-electron chi connectivity index (χ0n) is 8.34. The first kappa shape index (κ1) is 10.6. The van der Waals surface area contributed by atoms with Gasteiger partial charge in [-0.05, 0) is 30.8 Å². The second kappa shape index (κ2) is 4.31. The van der Waals surface area contributed by atoms with E-state index in [2.05, 4.69) is 20.2 Å². The number of H-pyrrole nitrogens is 1. The fourth-order valence-electron chi connectivity index (χ4n) is 1.09. The van der Waals surface area contributed by atoms with Gasteiger partial charge in [-0.25, -0.2) is 14.8 Å². The van der Waals surface area contributed by atoms with Crippen molar-refractivity contribution in [3.05, 3.63) is 29.7 Å². The van der Waals surface area contributed by atoms with Gasteiger partial charge in [0.05, 0.1) is 5.56 Å². The summed E-state index contributed by atoms with van der Waals surface area (Å²) in [6, 6.07) is 3.08. The third-order valence-corrected chi connectivity index (χ3v) is 2.65. The molecule has 0 bridgehead atoms. The van der Waals surface area contributed by atoms with Gasteiger partial charge in [0.2, 0.25) is 5.16 Å². The Bertz CT molecular complexity index is 526. The van der Waals surface area contributed by atoms with E-state index in [1.54, 1.807) is 13.0 Å². The Morgan fingerprint density at radius 1 is 1.56 bits per heavy atom. The van der Waals surface area contributed by atoms with Crippen molar-refractivity contribution >= 4 is 17.7 Å². The van der Waals surface area contributed by atoms with Crippen molar-refractivity contribution < 1.29 is 9.90 Å². The van der Waals surface area contributed by atoms with Gasteiger partial charge >= 0.3 is 5.97 Å². The van der Waals surface area contributed by atoms with E-state index in [1.807, 2.05) is 0 Å². The number of carboxylic acids is 1. The Balaban J connectivity index is 2.31. The molecule has 0 radical (unpaired) electrons. The van der Waals surface area contributed by atoms with Gasteiger partial charge in [-0.15, -0.1) is 5.10 Å². The molecule has 2 heterocycles. The van der Waals surface area contributed by atoms with Crippen LogP contribution in [0.25, 0.3) is 0 Å². The third kappa shape index (κ3) is 2.19. The van der Waals surface area contributed by atoms with E-state index in [9.17, 15) is 4.79 Å². The summed E-state index contributed by atoms with van der Waals surface area (Å²) in [6.45, 7) is 1.77. The Kier molecular flexibility index (Phi) is 2.86. The number of aromatic amines is 1. The SMILES string of the molecule is Cc1nc(Sc2ncccc2C(=O)O)n[nH]1. The van der Waals surface area contributed by atoms with Crippen LogP contribution in [0.2, 0.25) is 0 Å². The molecule has 2 aromatic rings. The van der Waals surface area contributed by atoms with Crippen LogP contribution >= 0.6 is 11.8 Å². The number of carboxylic acid groups (broad SMARTS) is 1. The van der Waals surface area contributed by atoms with Crippen molar-refractivity contribution in [3.8, 4) is 0 Å². The van der Waals surface area contributed by atoms with E-state index in [0.717, 1.165) is 11.8 Å². The number of hydrogen-bond donors (Lipinski definition) is 2. The summed E-state index contributed by atoms with van der Waals surface area (Å²) in [5, 5.41) is 16.4. The lowest BCUT2D eigenvalue weighted by Crippen LogP contribution is -2.00. The topological polar surface area (TPSA) is 91.8 Å². The Morgan fingerprint density at radius 2 is 2.38 bits per heavy atom. The highest BCUT2D eigenvalue weighted by Gasteiger charge is 2.13. The molecule has 0 aliphatic rings. The predicted octanol–water partition coefficient (Wildman–Crippen LogP) is 1.36. The van der Waals surface area contributed by atoms with E-state index in [0.29, 0.717) is 16.0 Å². The van der Waals surface area contributed by atoms with Gasteiger partial charge < -0.3 is 5.11 Å². The summed E-state index contributed by atoms with van der Waals surface area (Å²) in [4.78, 5) is 19.0. The Morgan fingerprint density at radius 3 is 3.00 bits per heavy atom. The smallest absolute Gasteiger partial charge is 0.338 e. The zero-order valence-corrected chi connectivity index (χ0v) is 9.15. The van der Waals surface area contributed by atoms with Crippen LogP contribution in [-0.2, 0) is 0 Å². The monoisotopic (exact) mass is 236 g/mol. The molecule has 0 fully saturated rings. The minimum atomic E-state index is -1.01. The van der Waals surface area contributed by atoms with E-state index < -0.39 is 5.97 Å². The van der Waals surface area contributed by atoms with Crippen molar-refractivity contribution in [2.75, 3.05) is 0 Å². The van der Waals surface area contributed by atoms with Gasteiger partial charge in [0.1, 0.15) is 10.9 Å². The molecular weight excluding hydrogens is 228 g/mol. The van der Waals surface area contributed by atoms with Crippen LogP contribution < -0.4 is 0 Å². The molecule has 2 N–H and O–H groups in total. The van der Waals surface area contributed by atoms with E-state index in [-0.39, 0.29) is 5.56 Å². The van der Waals surface area contributed by atoms with Crippen LogP contribution in [0, 0.1) is 6.92 Å². The molecule has 0 aliphatic carbocycles. The average Bonchev–Trinajstić information content (AvgIpc) is 2.64. The molecule has 0 amide bonds. The molecule has 0 saturated heterocycles. The lowest BCUT2D eigenvalue weighted by atomic mass is 10.3. The van der Waals surface area contributed by atoms with Crippen molar-refractivity contribution in [3.63, 3.8) is 0 Å². The standard InChI is InChI=1S/C9H8N4O2S/c1-5-11-9(13-12-5)16-7-6(8(14)15)3-2-4-10-7/h2-4H,1H3,(H,14,15)(H,11,12,13). The highest BCUT2D eigenvalue weighted by atomic mass is 32.2. The molecule has 6 nitrogen and oxygen atoms in total. The molecule has 0 unspecified atom stereocenters. The summed E-state index contributed by atoms with van der Waals surface area (Å²) >= 11 is 1.12. The number of hydrogen-bond acceptors (Lipinski definition) is 5. The number of nitrogens with one attached hydrogen (secondary N) is 1. The number of rotatable bonds is 3. The number of pyridine rings is 1. The number of aryl methyl sites for hydroxylation is 1. The van der Waals surface area contributed by atoms with E-state index in [1.165, 1.54) is 12.3 Å². The summed E-state index contributed by atoms with van der Waals surface area (Å²) < 4.78 is 0. The van der Waals surface area contributed by atoms with Crippen LogP contribution in [0.1, 0.15) is 16.2 Å². The normalized spacial score (nSPS) is 10.3. The second-order valence-electron chi connectivity index (χ2n) is 2.97. The molecular formula is C9H8N4O2S. The molecule has 0 atom stereocenters. The molecule has 0 aliphatic heterocycles. The van der Waals surface area contributed by atoms with Crippen molar-refractivity contribution in [2.45, 2.75) is 17.1 Å². The van der Waals surface area contributed by atoms with Crippen molar-refractivity contribution in [1.29, 1.82) is 0 Å². The first-order valence-corrected chi connectivity index (χ1v) is 5.23. The first-order chi connectivity index (χ1) is 7.66. The van der Waals surface area contributed by atoms with Gasteiger partial charge in [0, 0.05) is 6.20 Å². The maximum atomic E-state index is 10.9. The van der Waals surface area contributed by atoms with E-state index >= 15 is 0 Å². The minimum absolute atomic E-state index is 0.148. The Hall–Kier alpha value is -1.89. The number of aromatic carboxylic acids is 1. The molecule has 2 rings (SSSR count). The third-order valence-electron chi connectivity index (χ3n) is 1.77. The molecule has 0 aromatic carbocycles. The van der Waals surface area contributed by atoms with Gasteiger partial charge in [0.15, 0.2) is 0 Å². The average molecular weight is 236 g/mol. The quantitative estimate of drug-likeness (QED) is 0.835. The molecule has 2 aromatic heterocycles. The molecule has 16 heavy (non-hydrogen) atoms. The summed E-state index contributed by atoms with van der Waals surface area (Å²) in [7, 11) is 0. The molecule has 82 valence electrons. The van der Waals surface area contributed by atoms with Gasteiger partial charge in [0.25, 0.3) is 0 Å². The lowest BCUT2D eigenvalue weighted by molar-refractivity contribution is 0.0692. The van der Waals surface area contributed by atoms with Crippen LogP contribution in [-0.4, -0.2) is 31.2 Å². The van der Waals surface area contributed by atoms with Crippen LogP contribution in [0.5, 0.6) is 0 Å². The maximum Gasteiger partial charge on any atom is 0.338 e. The lowest BCUT2D eigenvalue weighted by Gasteiger charge is -2.00. The van der Waals surface area contributed by atoms with Crippen LogP contribution in [0.15, 0.2) is 28.5 Å². The predicted molar refractivity (Wildman–Crippen MR) is 56.4 cm³/mol. The van der Waals surface area contributed by atoms with Gasteiger partial charge in [-0.2, -0.15) is 0 Å². The fourth-order valence-corrected chi connectivity index (χ4v) is 1.91. The number of nitrogens with zero attached hydrogens (tertiary/aromatic N) is 3. The molecule has 0 spiro atoms. The van der Waals surface area contributed by atoms with E-state index in [4.69, 9.17) is 5.11 Å². The fraction of sp³-hybridized carbons (Fsp3) is 0.111. The summed E-state index contributed by atoms with van der Waals surface area (Å²) in [6.07, 6.45) is 1.54. The van der Waals surface area contributed by atoms with Gasteiger partial charge in [-0.1, -0.05) is 0 Å². The largest absolute Gasteiger partial charge is 0.478 e. The highest BCUT2D eigenvalue weighted by Crippen LogP contribution is 2.25. The molecule has 7 heteroatoms. The van der Waals surface area contributed by atoms with Crippen LogP contribution in [0.4, 0.5) is 0 Å². The zero-order chi connectivity index (χ0) is 11.5. The van der Waals surface area contributed by atoms with Crippen molar-refractivity contribution in [1.82, 2.24) is 20.2 Å². The van der Waals surface area contributed by atoms with Gasteiger partial charge in [-0.3, -0.25) is 5.10 Å². The van der Waals surface area contributed by atoms with Crippen LogP contribution in [0.3, 0.4) is 0 Å². The second-order valence-corrected chi connectivity index (χ2v) is 3.92. The molecule has 0 saturated carbocycles. The highest BCUT2D eigenvalue weighted by molar-refractivity contribution is 7.99. The minimum Gasteiger partial charge on any atom is -0.478 e. The summed E-state index contributed by atoms with van der Waals surface area (Å²) in [5.41, 5.74) is 0.148. The Labute approximate surface area is 95.1 Å². The first-order valence-electron chi connectivity index (χ1n) is 4.42. The maximum absolute atomic E-state index is 10.9. The summed E-state index contributed by atoms with van der Waals surface area (Å²) in [5.74, 6) is -0.335. The number of carbonyl (C=O) groups is 1.